The predicted molar refractivity (Wildman–Crippen MR) is 315 cm³/mol. The molecule has 0 radical (unpaired) electrons. The van der Waals surface area contributed by atoms with Gasteiger partial charge in [0, 0.05) is 81.8 Å². The van der Waals surface area contributed by atoms with Crippen molar-refractivity contribution in [2.24, 2.45) is 0 Å². The number of aromatic nitrogens is 6. The number of anilines is 3. The van der Waals surface area contributed by atoms with Crippen LogP contribution in [0.2, 0.25) is 0 Å². The van der Waals surface area contributed by atoms with E-state index < -0.39 is 52.5 Å². The summed E-state index contributed by atoms with van der Waals surface area (Å²) in [5.41, 5.74) is 9.36. The zero-order chi connectivity index (χ0) is 62.6. The van der Waals surface area contributed by atoms with Gasteiger partial charge in [0.25, 0.3) is 16.7 Å². The van der Waals surface area contributed by atoms with Crippen LogP contribution in [0.4, 0.5) is 57.8 Å². The van der Waals surface area contributed by atoms with Gasteiger partial charge in [-0.1, -0.05) is 36.4 Å². The van der Waals surface area contributed by atoms with Crippen molar-refractivity contribution in [3.05, 3.63) is 246 Å². The van der Waals surface area contributed by atoms with Gasteiger partial charge in [-0.3, -0.25) is 24.6 Å². The van der Waals surface area contributed by atoms with Crippen molar-refractivity contribution in [2.45, 2.75) is 19.6 Å². The quantitative estimate of drug-likeness (QED) is 0.0321. The van der Waals surface area contributed by atoms with E-state index >= 15 is 0 Å². The van der Waals surface area contributed by atoms with Crippen molar-refractivity contribution in [1.82, 2.24) is 29.3 Å². The first-order chi connectivity index (χ1) is 41.7. The maximum Gasteiger partial charge on any atom is 0.414 e. The van der Waals surface area contributed by atoms with Crippen molar-refractivity contribution >= 4 is 69.5 Å². The molecule has 1 fully saturated rings. The van der Waals surface area contributed by atoms with Gasteiger partial charge in [-0.25, -0.2) is 54.8 Å². The number of rotatable bonds is 15. The summed E-state index contributed by atoms with van der Waals surface area (Å²) in [6, 6.07) is 38.3. The van der Waals surface area contributed by atoms with Crippen molar-refractivity contribution in [1.29, 1.82) is 0 Å². The lowest BCUT2D eigenvalue weighted by Crippen LogP contribution is -2.24. The second-order valence-electron chi connectivity index (χ2n) is 18.2. The molecular formula is C60H48Cl3F6N9O9. The molecule has 6 aromatic carbocycles. The number of carbonyl (C=O) groups excluding carboxylic acids is 3. The number of benzene rings is 6. The predicted octanol–water partition coefficient (Wildman–Crippen LogP) is 11.6. The SMILES string of the molecule is Nc1cccc(Cn2nc(-c3cc(F)cc(F)c3)ccc2=O)c1.O=C(Cl)OCCCl.O=C(Nc1cccc(Cn2nc(-c3cc(F)cc(F)c3)ccc2=O)c1)OCCCl.O=C1OCCN1c1cccc(Cn2nc(-c3cc(F)cc(F)c3)ccc2=O)c1. The van der Waals surface area contributed by atoms with Crippen LogP contribution in [0.15, 0.2) is 178 Å². The van der Waals surface area contributed by atoms with Gasteiger partial charge in [-0.05, 0) is 108 Å². The first-order valence-corrected chi connectivity index (χ1v) is 27.2. The van der Waals surface area contributed by atoms with Crippen LogP contribution in [0.25, 0.3) is 33.8 Å². The van der Waals surface area contributed by atoms with E-state index in [1.807, 2.05) is 6.07 Å². The monoisotopic (exact) mass is 1260 g/mol. The molecule has 0 spiro atoms. The molecule has 3 aromatic heterocycles. The molecule has 0 saturated carbocycles. The third kappa shape index (κ3) is 19.9. The number of nitrogens with two attached hydrogens (primary N) is 1. The van der Waals surface area contributed by atoms with Crippen molar-refractivity contribution in [2.75, 3.05) is 54.1 Å². The van der Waals surface area contributed by atoms with Gasteiger partial charge in [-0.15, -0.1) is 23.2 Å². The second-order valence-corrected chi connectivity index (χ2v) is 19.3. The molecule has 2 amide bonds. The Morgan fingerprint density at radius 3 is 1.31 bits per heavy atom. The average Bonchev–Trinajstić information content (AvgIpc) is 4.00. The maximum absolute atomic E-state index is 13.5. The van der Waals surface area contributed by atoms with Crippen molar-refractivity contribution < 1.29 is 54.9 Å². The Bertz CT molecular complexity index is 4040. The Kier molecular flexibility index (Phi) is 23.4. The van der Waals surface area contributed by atoms with Crippen LogP contribution in [0.5, 0.6) is 0 Å². The third-order valence-corrected chi connectivity index (χ3v) is 12.2. The molecule has 9 aromatic rings. The van der Waals surface area contributed by atoms with E-state index in [0.717, 1.165) is 53.6 Å². The number of nitrogens with zero attached hydrogens (tertiary/aromatic N) is 7. The Hall–Kier alpha value is -9.78. The number of ether oxygens (including phenoxy) is 3. The fraction of sp³-hybridized carbons (Fsp3) is 0.150. The van der Waals surface area contributed by atoms with E-state index in [9.17, 15) is 55.1 Å². The zero-order valence-corrected chi connectivity index (χ0v) is 47.5. The summed E-state index contributed by atoms with van der Waals surface area (Å²) >= 11 is 15.3. The third-order valence-electron chi connectivity index (χ3n) is 11.8. The van der Waals surface area contributed by atoms with Crippen molar-refractivity contribution in [3.63, 3.8) is 0 Å². The molecule has 1 saturated heterocycles. The van der Waals surface area contributed by atoms with Crippen LogP contribution in [0, 0.1) is 34.9 Å². The summed E-state index contributed by atoms with van der Waals surface area (Å²) < 4.78 is 98.2. The van der Waals surface area contributed by atoms with E-state index in [1.54, 1.807) is 66.7 Å². The molecule has 0 aliphatic carbocycles. The normalized spacial score (nSPS) is 11.4. The number of amides is 2. The first-order valence-electron chi connectivity index (χ1n) is 25.7. The van der Waals surface area contributed by atoms with Crippen molar-refractivity contribution in [3.8, 4) is 33.8 Å². The first kappa shape index (κ1) is 64.8. The largest absolute Gasteiger partial charge is 0.452 e. The molecule has 1 aliphatic heterocycles. The van der Waals surface area contributed by atoms with E-state index in [0.29, 0.717) is 47.4 Å². The summed E-state index contributed by atoms with van der Waals surface area (Å²) in [6.45, 7) is 1.51. The minimum Gasteiger partial charge on any atom is -0.452 e. The molecule has 0 unspecified atom stereocenters. The molecule has 4 heterocycles. The average molecular weight is 1260 g/mol. The fourth-order valence-electron chi connectivity index (χ4n) is 8.07. The molecule has 450 valence electrons. The lowest BCUT2D eigenvalue weighted by molar-refractivity contribution is 0.168. The van der Waals surface area contributed by atoms with Gasteiger partial charge in [0.15, 0.2) is 0 Å². The van der Waals surface area contributed by atoms with Gasteiger partial charge < -0.3 is 19.9 Å². The van der Waals surface area contributed by atoms with E-state index in [4.69, 9.17) is 50.0 Å². The Morgan fingerprint density at radius 2 is 0.920 bits per heavy atom. The lowest BCUT2D eigenvalue weighted by Gasteiger charge is -2.14. The standard InChI is InChI=1S/C20H16ClF2N3O3.C20H15F2N3O3.C17H13F2N3O.C3H4Cl2O2/c21-6-7-29-20(28)24-17-3-1-2-13(8-17)12-26-19(27)5-4-18(25-26)14-9-15(22)11-16(23)10-14;21-15-9-14(10-16(22)11-15)18-4-5-19(26)25(23-18)12-13-2-1-3-17(8-13)24-6-7-28-20(24)27;18-13-7-12(8-14(19)9-13)16-4-5-17(23)22(21-16)10-11-2-1-3-15(20)6-11;4-1-2-7-3(5)6/h1-5,8-11H,6-7,12H2,(H,24,28);1-5,8-11H,6-7,12H2;1-9H,10,20H2;1-2H2. The highest BCUT2D eigenvalue weighted by molar-refractivity contribution is 6.61. The maximum atomic E-state index is 13.5. The molecule has 87 heavy (non-hydrogen) atoms. The summed E-state index contributed by atoms with van der Waals surface area (Å²) in [5, 5.41) is 15.2. The summed E-state index contributed by atoms with van der Waals surface area (Å²) in [5.74, 6) is -3.84. The summed E-state index contributed by atoms with van der Waals surface area (Å²) in [6.07, 6.45) is -1.06. The molecule has 3 N–H and O–H groups in total. The highest BCUT2D eigenvalue weighted by atomic mass is 35.5. The van der Waals surface area contributed by atoms with Crippen LogP contribution in [-0.4, -0.2) is 85.1 Å². The second kappa shape index (κ2) is 31.4. The topological polar surface area (TPSA) is 225 Å². The number of nitrogens with one attached hydrogen (secondary N) is 1. The molecule has 10 rings (SSSR count). The summed E-state index contributed by atoms with van der Waals surface area (Å²) in [7, 11) is 0. The van der Waals surface area contributed by atoms with Gasteiger partial charge in [0.05, 0.1) is 55.0 Å². The van der Waals surface area contributed by atoms with E-state index in [-0.39, 0.29) is 83.5 Å². The van der Waals surface area contributed by atoms with Gasteiger partial charge in [-0.2, -0.15) is 15.3 Å². The minimum atomic E-state index is -0.805. The molecular weight excluding hydrogens is 1210 g/mol. The highest BCUT2D eigenvalue weighted by Gasteiger charge is 2.24. The number of halogens is 9. The number of carbonyl (C=O) groups is 3. The highest BCUT2D eigenvalue weighted by Crippen LogP contribution is 2.24. The Morgan fingerprint density at radius 1 is 0.517 bits per heavy atom. The van der Waals surface area contributed by atoms with Crippen LogP contribution in [0.1, 0.15) is 16.7 Å². The zero-order valence-electron chi connectivity index (χ0n) is 45.2. The fourth-order valence-corrected chi connectivity index (χ4v) is 8.30. The van der Waals surface area contributed by atoms with E-state index in [1.165, 1.54) is 67.5 Å². The number of hydrogen-bond donors (Lipinski definition) is 2. The lowest BCUT2D eigenvalue weighted by atomic mass is 10.1. The van der Waals surface area contributed by atoms with Gasteiger partial charge >= 0.3 is 17.6 Å². The number of hydrogen-bond acceptors (Lipinski definition) is 13. The number of cyclic esters (lactones) is 1. The molecule has 1 aliphatic rings. The van der Waals surface area contributed by atoms with Crippen LogP contribution in [0.3, 0.4) is 0 Å². The van der Waals surface area contributed by atoms with Crippen LogP contribution < -0.4 is 32.6 Å². The molecule has 18 nitrogen and oxygen atoms in total. The van der Waals surface area contributed by atoms with Gasteiger partial charge in [0.1, 0.15) is 54.7 Å². The summed E-state index contributed by atoms with van der Waals surface area (Å²) in [4.78, 5) is 70.9. The smallest absolute Gasteiger partial charge is 0.414 e. The molecule has 27 heteroatoms. The van der Waals surface area contributed by atoms with Crippen LogP contribution in [-0.2, 0) is 33.8 Å². The Balaban J connectivity index is 0.000000177. The number of nitrogen functional groups attached to an aromatic ring is 1. The molecule has 0 atom stereocenters. The van der Waals surface area contributed by atoms with E-state index in [2.05, 4.69) is 25.3 Å². The molecule has 0 bridgehead atoms. The van der Waals surface area contributed by atoms with Gasteiger partial charge in [0.2, 0.25) is 0 Å². The van der Waals surface area contributed by atoms with Crippen LogP contribution >= 0.6 is 34.8 Å². The Labute approximate surface area is 505 Å². The minimum absolute atomic E-state index is 0.0832. The number of alkyl halides is 2.